The van der Waals surface area contributed by atoms with Crippen LogP contribution in [0.1, 0.15) is 29.5 Å². The molecule has 2 aromatic carbocycles. The lowest BCUT2D eigenvalue weighted by atomic mass is 10.1. The number of carbonyl (C=O) groups excluding carboxylic acids is 1. The number of hydrogen-bond acceptors (Lipinski definition) is 4. The summed E-state index contributed by atoms with van der Waals surface area (Å²) < 4.78 is 2.17. The molecule has 1 aliphatic heterocycles. The second kappa shape index (κ2) is 9.56. The molecule has 0 radical (unpaired) electrons. The lowest BCUT2D eigenvalue weighted by Gasteiger charge is -2.14. The highest BCUT2D eigenvalue weighted by Gasteiger charge is 2.24. The fourth-order valence-electron chi connectivity index (χ4n) is 3.95. The molecule has 2 heterocycles. The van der Waals surface area contributed by atoms with E-state index < -0.39 is 0 Å². The van der Waals surface area contributed by atoms with E-state index in [0.29, 0.717) is 43.6 Å². The summed E-state index contributed by atoms with van der Waals surface area (Å²) in [6, 6.07) is 12.8. The molecule has 0 spiro atoms. The largest absolute Gasteiger partial charge is 0.338 e. The maximum absolute atomic E-state index is 13.6. The predicted molar refractivity (Wildman–Crippen MR) is 134 cm³/mol. The van der Waals surface area contributed by atoms with Crippen molar-refractivity contribution in [1.82, 2.24) is 9.47 Å². The van der Waals surface area contributed by atoms with Gasteiger partial charge in [0.05, 0.1) is 10.2 Å². The summed E-state index contributed by atoms with van der Waals surface area (Å²) in [6.07, 6.45) is 3.49. The molecule has 1 amide bonds. The van der Waals surface area contributed by atoms with E-state index in [9.17, 15) is 14.9 Å². The zero-order chi connectivity index (χ0) is 23.7. The van der Waals surface area contributed by atoms with Crippen LogP contribution in [0.3, 0.4) is 0 Å². The Bertz CT molecular complexity index is 1470. The van der Waals surface area contributed by atoms with Crippen molar-refractivity contribution < 1.29 is 4.79 Å². The van der Waals surface area contributed by atoms with Gasteiger partial charge in [0.2, 0.25) is 0 Å². The molecule has 5 nitrogen and oxygen atoms in total. The summed E-state index contributed by atoms with van der Waals surface area (Å²) in [4.78, 5) is 28.5. The fourth-order valence-corrected chi connectivity index (χ4v) is 5.49. The van der Waals surface area contributed by atoms with E-state index in [4.69, 9.17) is 23.2 Å². The Kier molecular flexibility index (Phi) is 6.76. The number of nitrogens with zero attached hydrogens (tertiary/aromatic N) is 3. The van der Waals surface area contributed by atoms with Gasteiger partial charge in [0.15, 0.2) is 5.57 Å². The van der Waals surface area contributed by atoms with Crippen molar-refractivity contribution >= 4 is 52.1 Å². The van der Waals surface area contributed by atoms with Gasteiger partial charge >= 0.3 is 0 Å². The highest BCUT2D eigenvalue weighted by atomic mass is 35.5. The molecule has 168 valence electrons. The maximum Gasteiger partial charge on any atom is 0.273 e. The number of benzene rings is 2. The highest BCUT2D eigenvalue weighted by molar-refractivity contribution is 7.07. The lowest BCUT2D eigenvalue weighted by Crippen LogP contribution is -2.35. The summed E-state index contributed by atoms with van der Waals surface area (Å²) in [6.45, 7) is 5.11. The van der Waals surface area contributed by atoms with Gasteiger partial charge in [-0.3, -0.25) is 14.2 Å². The molecule has 1 aliphatic rings. The van der Waals surface area contributed by atoms with Gasteiger partial charge in [-0.25, -0.2) is 0 Å². The van der Waals surface area contributed by atoms with Crippen LogP contribution in [-0.2, 0) is 4.79 Å². The molecule has 0 atom stereocenters. The van der Waals surface area contributed by atoms with Crippen LogP contribution in [0, 0.1) is 25.2 Å². The Morgan fingerprint density at radius 2 is 1.85 bits per heavy atom. The summed E-state index contributed by atoms with van der Waals surface area (Å²) >= 11 is 13.4. The van der Waals surface area contributed by atoms with Crippen LogP contribution in [0.15, 0.2) is 41.2 Å². The van der Waals surface area contributed by atoms with Crippen LogP contribution >= 0.6 is 34.5 Å². The van der Waals surface area contributed by atoms with Crippen molar-refractivity contribution in [2.24, 2.45) is 0 Å². The lowest BCUT2D eigenvalue weighted by molar-refractivity contribution is -0.123. The minimum Gasteiger partial charge on any atom is -0.338 e. The summed E-state index contributed by atoms with van der Waals surface area (Å²) in [5.74, 6) is -0.342. The molecule has 1 saturated heterocycles. The monoisotopic (exact) mass is 497 g/mol. The van der Waals surface area contributed by atoms with Gasteiger partial charge in [0.25, 0.3) is 11.5 Å². The number of nitriles is 1. The first-order chi connectivity index (χ1) is 15.8. The number of carbonyl (C=O) groups is 1. The molecule has 3 aromatic rings. The molecule has 0 aliphatic carbocycles. The minimum absolute atomic E-state index is 0.0270. The Morgan fingerprint density at radius 1 is 1.12 bits per heavy atom. The Morgan fingerprint density at radius 3 is 2.48 bits per heavy atom. The molecule has 0 N–H and O–H groups in total. The topological polar surface area (TPSA) is 66.1 Å². The first kappa shape index (κ1) is 23.3. The molecule has 1 aromatic heterocycles. The van der Waals surface area contributed by atoms with Crippen LogP contribution in [0.4, 0.5) is 0 Å². The number of thiazole rings is 1. The second-order valence-electron chi connectivity index (χ2n) is 8.00. The number of halogens is 2. The smallest absolute Gasteiger partial charge is 0.273 e. The molecule has 0 saturated carbocycles. The van der Waals surface area contributed by atoms with Gasteiger partial charge in [-0.2, -0.15) is 5.26 Å². The average molecular weight is 498 g/mol. The van der Waals surface area contributed by atoms with E-state index in [1.54, 1.807) is 29.2 Å². The molecular weight excluding hydrogens is 477 g/mol. The summed E-state index contributed by atoms with van der Waals surface area (Å²) in [7, 11) is 0. The van der Waals surface area contributed by atoms with Gasteiger partial charge < -0.3 is 4.90 Å². The highest BCUT2D eigenvalue weighted by Crippen LogP contribution is 2.21. The van der Waals surface area contributed by atoms with Crippen LogP contribution in [0.25, 0.3) is 17.3 Å². The zero-order valence-electron chi connectivity index (χ0n) is 18.2. The molecular formula is C25H21Cl2N3O2S. The standard InChI is InChI=1S/C25H21Cl2N3O2S/c1-15-5-8-21(16(2)11-15)30-24(32)22(12-17-6-7-18(26)13-20(17)27)33-25(30)19(14-28)23(31)29-9-3-4-10-29/h5-8,11-13H,3-4,9-10H2,1-2H3. The average Bonchev–Trinajstić information content (AvgIpc) is 3.40. The van der Waals surface area contributed by atoms with Gasteiger partial charge in [0.1, 0.15) is 10.7 Å². The Labute approximate surface area is 205 Å². The van der Waals surface area contributed by atoms with E-state index in [-0.39, 0.29) is 17.0 Å². The number of likely N-dealkylation sites (tertiary alicyclic amines) is 1. The van der Waals surface area contributed by atoms with Crippen LogP contribution < -0.4 is 14.8 Å². The fraction of sp³-hybridized carbons (Fsp3) is 0.240. The van der Waals surface area contributed by atoms with Crippen molar-refractivity contribution in [3.8, 4) is 11.8 Å². The molecule has 33 heavy (non-hydrogen) atoms. The van der Waals surface area contributed by atoms with Crippen LogP contribution in [-0.4, -0.2) is 28.5 Å². The Hall–Kier alpha value is -2.85. The van der Waals surface area contributed by atoms with E-state index in [1.165, 1.54) is 4.57 Å². The first-order valence-electron chi connectivity index (χ1n) is 10.5. The number of hydrogen-bond donors (Lipinski definition) is 0. The molecule has 0 bridgehead atoms. The Balaban J connectivity index is 2.06. The first-order valence-corrected chi connectivity index (χ1v) is 12.1. The van der Waals surface area contributed by atoms with Crippen molar-refractivity contribution in [2.45, 2.75) is 26.7 Å². The van der Waals surface area contributed by atoms with Crippen molar-refractivity contribution in [3.05, 3.63) is 82.7 Å². The van der Waals surface area contributed by atoms with E-state index in [2.05, 4.69) is 6.07 Å². The third-order valence-corrected chi connectivity index (χ3v) is 7.25. The molecule has 0 unspecified atom stereocenters. The van der Waals surface area contributed by atoms with E-state index in [1.807, 2.05) is 32.0 Å². The SMILES string of the molecule is Cc1ccc(-n2c(=C(C#N)C(=O)N3CCCC3)sc(=Cc3ccc(Cl)cc3Cl)c2=O)c(C)c1. The van der Waals surface area contributed by atoms with Crippen LogP contribution in [0.5, 0.6) is 0 Å². The zero-order valence-corrected chi connectivity index (χ0v) is 20.5. The predicted octanol–water partition coefficient (Wildman–Crippen LogP) is 3.95. The van der Waals surface area contributed by atoms with E-state index in [0.717, 1.165) is 35.3 Å². The van der Waals surface area contributed by atoms with Gasteiger partial charge in [-0.1, -0.05) is 47.0 Å². The quantitative estimate of drug-likeness (QED) is 0.550. The summed E-state index contributed by atoms with van der Waals surface area (Å²) in [5.41, 5.74) is 2.86. The van der Waals surface area contributed by atoms with Gasteiger partial charge in [-0.05, 0) is 62.1 Å². The van der Waals surface area contributed by atoms with Crippen LogP contribution in [0.2, 0.25) is 10.0 Å². The molecule has 1 fully saturated rings. The maximum atomic E-state index is 13.6. The van der Waals surface area contributed by atoms with Crippen molar-refractivity contribution in [3.63, 3.8) is 0 Å². The third kappa shape index (κ3) is 4.63. The van der Waals surface area contributed by atoms with Crippen molar-refractivity contribution in [2.75, 3.05) is 13.1 Å². The van der Waals surface area contributed by atoms with Gasteiger partial charge in [0, 0.05) is 23.1 Å². The number of aryl methyl sites for hydroxylation is 2. The van der Waals surface area contributed by atoms with E-state index >= 15 is 0 Å². The number of aromatic nitrogens is 1. The summed E-state index contributed by atoms with van der Waals surface area (Å²) in [5, 5.41) is 10.9. The normalized spacial score (nSPS) is 15.0. The number of rotatable bonds is 3. The molecule has 8 heteroatoms. The number of amides is 1. The third-order valence-electron chi connectivity index (χ3n) is 5.60. The second-order valence-corrected chi connectivity index (χ2v) is 9.87. The minimum atomic E-state index is -0.342. The molecule has 4 rings (SSSR count). The van der Waals surface area contributed by atoms with Crippen molar-refractivity contribution in [1.29, 1.82) is 5.26 Å². The van der Waals surface area contributed by atoms with Gasteiger partial charge in [-0.15, -0.1) is 11.3 Å².